The molecule has 1 aliphatic heterocycles. The number of hydrogen-bond donors (Lipinski definition) is 1. The highest BCUT2D eigenvalue weighted by Gasteiger charge is 2.39. The minimum atomic E-state index is -3.37. The summed E-state index contributed by atoms with van der Waals surface area (Å²) in [6.45, 7) is 3.07. The number of carbonyl (C=O) groups is 1. The monoisotopic (exact) mass is 348 g/mol. The van der Waals surface area contributed by atoms with E-state index in [0.29, 0.717) is 24.3 Å². The number of likely N-dealkylation sites (tertiary alicyclic amines) is 1. The number of carbonyl (C=O) groups excluding carboxylic acids is 1. The van der Waals surface area contributed by atoms with Crippen LogP contribution in [0.15, 0.2) is 35.6 Å². The summed E-state index contributed by atoms with van der Waals surface area (Å²) in [6.07, 6.45) is 7.29. The first-order chi connectivity index (χ1) is 11.3. The van der Waals surface area contributed by atoms with Crippen LogP contribution in [0.25, 0.3) is 0 Å². The predicted octanol–water partition coefficient (Wildman–Crippen LogP) is 1.40. The molecule has 1 saturated heterocycles. The van der Waals surface area contributed by atoms with Gasteiger partial charge in [0.2, 0.25) is 0 Å². The fourth-order valence-electron chi connectivity index (χ4n) is 3.28. The molecular weight excluding hydrogens is 328 g/mol. The number of sulfone groups is 1. The minimum Gasteiger partial charge on any atom is -0.338 e. The van der Waals surface area contributed by atoms with Gasteiger partial charge in [-0.3, -0.25) is 14.9 Å². The van der Waals surface area contributed by atoms with Gasteiger partial charge in [0.1, 0.15) is 4.90 Å². The standard InChI is InChI=1S/C16H20N4O3S/c1-16(14-13(10-18-19-14)24(2,22)23)6-3-9-20(11-16)15(21)12-4-7-17-8-5-12/h4-5,7-8,10H,3,6,9,11H2,1-2H3,(H,18,19). The van der Waals surface area contributed by atoms with Crippen LogP contribution in [-0.4, -0.2) is 53.8 Å². The third-order valence-corrected chi connectivity index (χ3v) is 5.63. The molecule has 1 amide bonds. The lowest BCUT2D eigenvalue weighted by molar-refractivity contribution is 0.0645. The maximum absolute atomic E-state index is 12.7. The average molecular weight is 348 g/mol. The summed E-state index contributed by atoms with van der Waals surface area (Å²) in [7, 11) is -3.37. The Labute approximate surface area is 141 Å². The molecule has 0 aromatic carbocycles. The largest absolute Gasteiger partial charge is 0.338 e. The second kappa shape index (κ2) is 6.01. The molecule has 0 radical (unpaired) electrons. The summed E-state index contributed by atoms with van der Waals surface area (Å²) in [5.41, 5.74) is 0.690. The lowest BCUT2D eigenvalue weighted by Gasteiger charge is -2.40. The summed E-state index contributed by atoms with van der Waals surface area (Å²) >= 11 is 0. The molecule has 2 aromatic heterocycles. The van der Waals surface area contributed by atoms with E-state index in [1.807, 2.05) is 6.92 Å². The van der Waals surface area contributed by atoms with Gasteiger partial charge in [-0.15, -0.1) is 0 Å². The highest BCUT2D eigenvalue weighted by atomic mass is 32.2. The van der Waals surface area contributed by atoms with E-state index in [9.17, 15) is 13.2 Å². The van der Waals surface area contributed by atoms with Crippen LogP contribution in [-0.2, 0) is 15.3 Å². The average Bonchev–Trinajstić information content (AvgIpc) is 3.06. The van der Waals surface area contributed by atoms with E-state index >= 15 is 0 Å². The number of pyridine rings is 1. The SMILES string of the molecule is CC1(c2[nH]ncc2S(C)(=O)=O)CCCN(C(=O)c2ccncc2)C1. The van der Waals surface area contributed by atoms with Gasteiger partial charge >= 0.3 is 0 Å². The van der Waals surface area contributed by atoms with Gasteiger partial charge in [0.05, 0.1) is 11.9 Å². The highest BCUT2D eigenvalue weighted by Crippen LogP contribution is 2.36. The molecule has 0 spiro atoms. The van der Waals surface area contributed by atoms with Gasteiger partial charge in [0.15, 0.2) is 9.84 Å². The number of aromatic amines is 1. The van der Waals surface area contributed by atoms with Crippen LogP contribution < -0.4 is 0 Å². The van der Waals surface area contributed by atoms with Crippen molar-refractivity contribution in [2.75, 3.05) is 19.3 Å². The third-order valence-electron chi connectivity index (χ3n) is 4.52. The Bertz CT molecular complexity index is 847. The lowest BCUT2D eigenvalue weighted by atomic mass is 9.79. The number of piperidine rings is 1. The van der Waals surface area contributed by atoms with Gasteiger partial charge in [-0.05, 0) is 25.0 Å². The van der Waals surface area contributed by atoms with Crippen molar-refractivity contribution in [2.45, 2.75) is 30.1 Å². The van der Waals surface area contributed by atoms with E-state index in [-0.39, 0.29) is 10.8 Å². The van der Waals surface area contributed by atoms with Crippen LogP contribution >= 0.6 is 0 Å². The van der Waals surface area contributed by atoms with Crippen molar-refractivity contribution < 1.29 is 13.2 Å². The van der Waals surface area contributed by atoms with E-state index in [1.165, 1.54) is 12.5 Å². The summed E-state index contributed by atoms with van der Waals surface area (Å²) in [5.74, 6) is -0.0660. The topological polar surface area (TPSA) is 96.0 Å². The van der Waals surface area contributed by atoms with Gasteiger partial charge in [-0.25, -0.2) is 8.42 Å². The fraction of sp³-hybridized carbons (Fsp3) is 0.438. The molecule has 2 aromatic rings. The van der Waals surface area contributed by atoms with Crippen LogP contribution in [0.1, 0.15) is 35.8 Å². The van der Waals surface area contributed by atoms with Crippen molar-refractivity contribution in [3.05, 3.63) is 42.0 Å². The van der Waals surface area contributed by atoms with E-state index in [2.05, 4.69) is 15.2 Å². The number of hydrogen-bond acceptors (Lipinski definition) is 5. The van der Waals surface area contributed by atoms with Crippen LogP contribution in [0.2, 0.25) is 0 Å². The first-order valence-electron chi connectivity index (χ1n) is 7.74. The second-order valence-electron chi connectivity index (χ2n) is 6.51. The Hall–Kier alpha value is -2.22. The summed E-state index contributed by atoms with van der Waals surface area (Å²) in [5, 5.41) is 6.77. The first kappa shape index (κ1) is 16.6. The Morgan fingerprint density at radius 1 is 1.33 bits per heavy atom. The van der Waals surface area contributed by atoms with Crippen LogP contribution in [0.3, 0.4) is 0 Å². The van der Waals surface area contributed by atoms with Crippen molar-refractivity contribution in [1.29, 1.82) is 0 Å². The fourth-order valence-corrected chi connectivity index (χ4v) is 4.19. The van der Waals surface area contributed by atoms with Gasteiger partial charge in [0, 0.05) is 42.7 Å². The van der Waals surface area contributed by atoms with Crippen molar-refractivity contribution in [3.63, 3.8) is 0 Å². The minimum absolute atomic E-state index is 0.0660. The van der Waals surface area contributed by atoms with Crippen LogP contribution in [0.4, 0.5) is 0 Å². The zero-order chi connectivity index (χ0) is 17.4. The summed E-state index contributed by atoms with van der Waals surface area (Å²) in [4.78, 5) is 18.6. The maximum atomic E-state index is 12.7. The summed E-state index contributed by atoms with van der Waals surface area (Å²) in [6, 6.07) is 3.37. The van der Waals surface area contributed by atoms with E-state index in [1.54, 1.807) is 29.4 Å². The molecule has 1 N–H and O–H groups in total. The van der Waals surface area contributed by atoms with E-state index in [4.69, 9.17) is 0 Å². The molecule has 24 heavy (non-hydrogen) atoms. The Morgan fingerprint density at radius 3 is 2.71 bits per heavy atom. The molecule has 1 atom stereocenters. The van der Waals surface area contributed by atoms with Crippen molar-refractivity contribution >= 4 is 15.7 Å². The van der Waals surface area contributed by atoms with E-state index in [0.717, 1.165) is 12.8 Å². The lowest BCUT2D eigenvalue weighted by Crippen LogP contribution is -2.47. The molecule has 3 heterocycles. The molecule has 0 aliphatic carbocycles. The molecule has 8 heteroatoms. The van der Waals surface area contributed by atoms with Gasteiger partial charge in [0.25, 0.3) is 5.91 Å². The zero-order valence-electron chi connectivity index (χ0n) is 13.7. The smallest absolute Gasteiger partial charge is 0.253 e. The normalized spacial score (nSPS) is 21.7. The number of nitrogens with zero attached hydrogens (tertiary/aromatic N) is 3. The van der Waals surface area contributed by atoms with Crippen molar-refractivity contribution in [1.82, 2.24) is 20.1 Å². The second-order valence-corrected chi connectivity index (χ2v) is 8.49. The maximum Gasteiger partial charge on any atom is 0.253 e. The molecular formula is C16H20N4O3S. The zero-order valence-corrected chi connectivity index (χ0v) is 14.5. The highest BCUT2D eigenvalue weighted by molar-refractivity contribution is 7.90. The number of amides is 1. The number of aromatic nitrogens is 3. The molecule has 7 nitrogen and oxygen atoms in total. The van der Waals surface area contributed by atoms with Gasteiger partial charge < -0.3 is 4.90 Å². The molecule has 0 bridgehead atoms. The Kier molecular flexibility index (Phi) is 4.16. The quantitative estimate of drug-likeness (QED) is 0.904. The predicted molar refractivity (Wildman–Crippen MR) is 88.4 cm³/mol. The number of nitrogens with one attached hydrogen (secondary N) is 1. The van der Waals surface area contributed by atoms with Gasteiger partial charge in [-0.2, -0.15) is 5.10 Å². The molecule has 0 saturated carbocycles. The van der Waals surface area contributed by atoms with Crippen LogP contribution in [0, 0.1) is 0 Å². The molecule has 1 fully saturated rings. The number of rotatable bonds is 3. The summed E-state index contributed by atoms with van der Waals surface area (Å²) < 4.78 is 24.0. The van der Waals surface area contributed by atoms with Gasteiger partial charge in [-0.1, -0.05) is 6.92 Å². The molecule has 1 unspecified atom stereocenters. The molecule has 1 aliphatic rings. The molecule has 128 valence electrons. The first-order valence-corrected chi connectivity index (χ1v) is 9.64. The van der Waals surface area contributed by atoms with Crippen molar-refractivity contribution in [3.8, 4) is 0 Å². The number of H-pyrrole nitrogens is 1. The Balaban J connectivity index is 1.90. The van der Waals surface area contributed by atoms with Crippen LogP contribution in [0.5, 0.6) is 0 Å². The Morgan fingerprint density at radius 2 is 2.04 bits per heavy atom. The van der Waals surface area contributed by atoms with E-state index < -0.39 is 15.3 Å². The van der Waals surface area contributed by atoms with Crippen molar-refractivity contribution in [2.24, 2.45) is 0 Å². The molecule has 3 rings (SSSR count). The third kappa shape index (κ3) is 3.06.